The first kappa shape index (κ1) is 13.2. The van der Waals surface area contributed by atoms with E-state index in [4.69, 9.17) is 18.0 Å². The molecule has 0 unspecified atom stereocenters. The molecule has 0 radical (unpaired) electrons. The second-order valence-electron chi connectivity index (χ2n) is 4.25. The fourth-order valence-corrected chi connectivity index (χ4v) is 3.71. The van der Waals surface area contributed by atoms with Gasteiger partial charge in [-0.15, -0.1) is 11.3 Å². The first-order valence-corrected chi connectivity index (χ1v) is 7.77. The summed E-state index contributed by atoms with van der Waals surface area (Å²) in [7, 11) is 0. The summed E-state index contributed by atoms with van der Waals surface area (Å²) in [5.41, 5.74) is 6.02. The predicted octanol–water partition coefficient (Wildman–Crippen LogP) is 2.68. The molecule has 0 saturated heterocycles. The molecule has 2 rings (SSSR count). The molecule has 6 heteroatoms. The number of hydrogen-bond acceptors (Lipinski definition) is 3. The van der Waals surface area contributed by atoms with Crippen LogP contribution in [0.2, 0.25) is 0 Å². The fraction of sp³-hybridized carbons (Fsp3) is 0.455. The Morgan fingerprint density at radius 2 is 2.18 bits per heavy atom. The lowest BCUT2D eigenvalue weighted by molar-refractivity contribution is 0.0925. The van der Waals surface area contributed by atoms with Crippen molar-refractivity contribution in [1.82, 2.24) is 5.32 Å². The Balaban J connectivity index is 2.14. The van der Waals surface area contributed by atoms with Gasteiger partial charge >= 0.3 is 0 Å². The average Bonchev–Trinajstić information content (AvgIpc) is 2.87. The minimum Gasteiger partial charge on any atom is -0.391 e. The van der Waals surface area contributed by atoms with Gasteiger partial charge in [-0.05, 0) is 41.5 Å². The van der Waals surface area contributed by atoms with E-state index < -0.39 is 5.54 Å². The number of hydrogen-bond donors (Lipinski definition) is 2. The van der Waals surface area contributed by atoms with Gasteiger partial charge in [0.2, 0.25) is 0 Å². The first-order chi connectivity index (χ1) is 8.03. The highest BCUT2D eigenvalue weighted by atomic mass is 127. The maximum atomic E-state index is 12.1. The van der Waals surface area contributed by atoms with Crippen molar-refractivity contribution in [1.29, 1.82) is 0 Å². The number of nitrogens with one attached hydrogen (secondary N) is 1. The van der Waals surface area contributed by atoms with Gasteiger partial charge in [0.1, 0.15) is 0 Å². The number of carbonyl (C=O) groups excluding carboxylic acids is 1. The molecule has 1 saturated carbocycles. The quantitative estimate of drug-likeness (QED) is 0.626. The van der Waals surface area contributed by atoms with Gasteiger partial charge in [0.25, 0.3) is 5.91 Å². The molecule has 17 heavy (non-hydrogen) atoms. The molecular weight excluding hydrogens is 367 g/mol. The van der Waals surface area contributed by atoms with Crippen molar-refractivity contribution in [3.63, 3.8) is 0 Å². The second-order valence-corrected chi connectivity index (χ2v) is 7.49. The number of carbonyl (C=O) groups is 1. The van der Waals surface area contributed by atoms with Crippen molar-refractivity contribution in [2.45, 2.75) is 31.2 Å². The molecule has 3 nitrogen and oxygen atoms in total. The molecule has 1 aliphatic rings. The smallest absolute Gasteiger partial charge is 0.252 e. The lowest BCUT2D eigenvalue weighted by atomic mass is 9.97. The summed E-state index contributed by atoms with van der Waals surface area (Å²) in [5.74, 6) is -0.0705. The highest BCUT2D eigenvalue weighted by molar-refractivity contribution is 14.1. The maximum Gasteiger partial charge on any atom is 0.252 e. The number of amides is 1. The number of thiophene rings is 1. The zero-order chi connectivity index (χ0) is 12.5. The number of halogens is 1. The predicted molar refractivity (Wildman–Crippen MR) is 82.5 cm³/mol. The van der Waals surface area contributed by atoms with Crippen LogP contribution in [0.5, 0.6) is 0 Å². The van der Waals surface area contributed by atoms with Crippen LogP contribution in [0.15, 0.2) is 11.4 Å². The SMILES string of the molecule is NC(=S)C1(NC(=O)c2csc(I)c2)CCCC1. The number of thiocarbonyl (C=S) groups is 1. The summed E-state index contributed by atoms with van der Waals surface area (Å²) in [6.45, 7) is 0. The van der Waals surface area contributed by atoms with Crippen LogP contribution in [0, 0.1) is 2.88 Å². The Hall–Kier alpha value is -0.210. The average molecular weight is 380 g/mol. The van der Waals surface area contributed by atoms with Gasteiger partial charge in [-0.25, -0.2) is 0 Å². The largest absolute Gasteiger partial charge is 0.391 e. The molecule has 0 aliphatic heterocycles. The highest BCUT2D eigenvalue weighted by Gasteiger charge is 2.38. The molecular formula is C11H13IN2OS2. The van der Waals surface area contributed by atoms with E-state index in [0.29, 0.717) is 10.6 Å². The van der Waals surface area contributed by atoms with Crippen LogP contribution in [0.1, 0.15) is 36.0 Å². The van der Waals surface area contributed by atoms with Gasteiger partial charge in [0.15, 0.2) is 0 Å². The third-order valence-corrected chi connectivity index (χ3v) is 5.29. The van der Waals surface area contributed by atoms with Crippen LogP contribution in [-0.4, -0.2) is 16.4 Å². The van der Waals surface area contributed by atoms with E-state index >= 15 is 0 Å². The second kappa shape index (κ2) is 5.19. The van der Waals surface area contributed by atoms with Gasteiger partial charge < -0.3 is 11.1 Å². The lowest BCUT2D eigenvalue weighted by Gasteiger charge is -2.28. The Morgan fingerprint density at radius 3 is 2.65 bits per heavy atom. The van der Waals surface area contributed by atoms with Gasteiger partial charge in [0.05, 0.1) is 19.0 Å². The van der Waals surface area contributed by atoms with E-state index in [2.05, 4.69) is 27.9 Å². The van der Waals surface area contributed by atoms with Crippen molar-refractivity contribution in [3.05, 3.63) is 19.9 Å². The minimum absolute atomic E-state index is 0.0705. The number of rotatable bonds is 3. The summed E-state index contributed by atoms with van der Waals surface area (Å²) < 4.78 is 1.10. The van der Waals surface area contributed by atoms with Crippen LogP contribution in [0.25, 0.3) is 0 Å². The summed E-state index contributed by atoms with van der Waals surface area (Å²) in [5, 5.41) is 4.88. The topological polar surface area (TPSA) is 55.1 Å². The Bertz CT molecular complexity index is 452. The van der Waals surface area contributed by atoms with E-state index in [1.807, 2.05) is 11.4 Å². The standard InChI is InChI=1S/C11H13IN2OS2/c12-8-5-7(6-17-8)9(15)14-11(10(13)16)3-1-2-4-11/h5-6H,1-4H2,(H2,13,16)(H,14,15). The first-order valence-electron chi connectivity index (χ1n) is 5.40. The molecule has 1 aromatic heterocycles. The molecule has 1 fully saturated rings. The van der Waals surface area contributed by atoms with Gasteiger partial charge in [-0.1, -0.05) is 25.1 Å². The van der Waals surface area contributed by atoms with Crippen molar-refractivity contribution < 1.29 is 4.79 Å². The van der Waals surface area contributed by atoms with Crippen LogP contribution in [0.4, 0.5) is 0 Å². The van der Waals surface area contributed by atoms with Gasteiger partial charge in [0, 0.05) is 5.38 Å². The minimum atomic E-state index is -0.459. The van der Waals surface area contributed by atoms with Crippen molar-refractivity contribution in [2.75, 3.05) is 0 Å². The third kappa shape index (κ3) is 2.79. The fourth-order valence-electron chi connectivity index (χ4n) is 2.13. The monoisotopic (exact) mass is 380 g/mol. The molecule has 3 N–H and O–H groups in total. The zero-order valence-corrected chi connectivity index (χ0v) is 13.0. The normalized spacial score (nSPS) is 17.9. The molecule has 0 atom stereocenters. The summed E-state index contributed by atoms with van der Waals surface area (Å²) in [4.78, 5) is 12.5. The van der Waals surface area contributed by atoms with Crippen LogP contribution in [0.3, 0.4) is 0 Å². The number of nitrogens with two attached hydrogens (primary N) is 1. The Morgan fingerprint density at radius 1 is 1.53 bits per heavy atom. The highest BCUT2D eigenvalue weighted by Crippen LogP contribution is 2.30. The van der Waals surface area contributed by atoms with E-state index in [1.54, 1.807) is 11.3 Å². The van der Waals surface area contributed by atoms with Crippen molar-refractivity contribution in [3.8, 4) is 0 Å². The van der Waals surface area contributed by atoms with E-state index in [9.17, 15) is 4.79 Å². The molecule has 1 heterocycles. The molecule has 0 spiro atoms. The molecule has 1 aromatic rings. The Labute approximate surface area is 123 Å². The van der Waals surface area contributed by atoms with Crippen LogP contribution >= 0.6 is 46.1 Å². The lowest BCUT2D eigenvalue weighted by Crippen LogP contribution is -2.54. The van der Waals surface area contributed by atoms with Gasteiger partial charge in [-0.3, -0.25) is 4.79 Å². The van der Waals surface area contributed by atoms with Crippen molar-refractivity contribution in [2.24, 2.45) is 5.73 Å². The summed E-state index contributed by atoms with van der Waals surface area (Å²) in [6.07, 6.45) is 3.85. The van der Waals surface area contributed by atoms with Crippen LogP contribution < -0.4 is 11.1 Å². The van der Waals surface area contributed by atoms with E-state index in [-0.39, 0.29) is 5.91 Å². The molecule has 1 aliphatic carbocycles. The van der Waals surface area contributed by atoms with E-state index in [0.717, 1.165) is 28.6 Å². The van der Waals surface area contributed by atoms with Crippen LogP contribution in [-0.2, 0) is 0 Å². The van der Waals surface area contributed by atoms with Gasteiger partial charge in [-0.2, -0.15) is 0 Å². The Kier molecular flexibility index (Phi) is 4.04. The summed E-state index contributed by atoms with van der Waals surface area (Å²) >= 11 is 8.87. The van der Waals surface area contributed by atoms with E-state index in [1.165, 1.54) is 0 Å². The molecule has 0 aromatic carbocycles. The summed E-state index contributed by atoms with van der Waals surface area (Å²) in [6, 6.07) is 1.88. The molecule has 1 amide bonds. The maximum absolute atomic E-state index is 12.1. The zero-order valence-electron chi connectivity index (χ0n) is 9.16. The molecule has 0 bridgehead atoms. The third-order valence-electron chi connectivity index (χ3n) is 3.11. The molecule has 92 valence electrons. The van der Waals surface area contributed by atoms with Crippen molar-refractivity contribution >= 4 is 57.0 Å².